The molecule has 0 saturated heterocycles. The highest BCUT2D eigenvalue weighted by Gasteiger charge is 2.36. The van der Waals surface area contributed by atoms with E-state index < -0.39 is 45.8 Å². The quantitative estimate of drug-likeness (QED) is 0.212. The molecule has 0 aromatic heterocycles. The third-order valence-corrected chi connectivity index (χ3v) is 8.79. The summed E-state index contributed by atoms with van der Waals surface area (Å²) in [6, 6.07) is 27.9. The molecule has 0 bridgehead atoms. The average molecular weight is 636 g/mol. The second-order valence-corrected chi connectivity index (χ2v) is 13.7. The van der Waals surface area contributed by atoms with Crippen LogP contribution in [0.5, 0.6) is 0 Å². The first-order chi connectivity index (χ1) is 20.8. The van der Waals surface area contributed by atoms with Crippen LogP contribution in [0.1, 0.15) is 31.9 Å². The summed E-state index contributed by atoms with van der Waals surface area (Å²) in [5, 5.41) is 3.47. The van der Waals surface area contributed by atoms with Gasteiger partial charge >= 0.3 is 0 Å². The molecule has 4 aromatic rings. The van der Waals surface area contributed by atoms with Gasteiger partial charge in [-0.1, -0.05) is 84.4 Å². The van der Waals surface area contributed by atoms with E-state index >= 15 is 4.39 Å². The number of nitrogens with zero attached hydrogens (tertiary/aromatic N) is 2. The minimum absolute atomic E-state index is 0.0262. The minimum atomic E-state index is -4.39. The van der Waals surface area contributed by atoms with Crippen LogP contribution in [0.4, 0.5) is 10.1 Å². The number of sulfonamides is 1. The van der Waals surface area contributed by atoms with Gasteiger partial charge in [0.1, 0.15) is 18.4 Å². The molecule has 0 aliphatic heterocycles. The number of carbonyl (C=O) groups excluding carboxylic acids is 2. The Hall–Kier alpha value is -4.21. The standard InChI is InChI=1S/C34H35ClFN3O4S/c1-34(2,3)37-33(41)31(22-25-12-6-4-7-13-25)38(23-26-18-20-27(35)21-19-26)32(40)24-39(30-17-11-10-16-29(30)36)44(42,43)28-14-8-5-9-15-28/h4-21,31H,22-24H2,1-3H3,(H,37,41)/t31-/m1/s1. The Labute approximate surface area is 263 Å². The summed E-state index contributed by atoms with van der Waals surface area (Å²) in [4.78, 5) is 29.5. The van der Waals surface area contributed by atoms with Crippen LogP contribution in [0.3, 0.4) is 0 Å². The molecule has 4 aromatic carbocycles. The number of amides is 2. The highest BCUT2D eigenvalue weighted by molar-refractivity contribution is 7.92. The Balaban J connectivity index is 1.82. The molecule has 10 heteroatoms. The number of anilines is 1. The van der Waals surface area contributed by atoms with E-state index in [2.05, 4.69) is 5.32 Å². The molecule has 2 amide bonds. The van der Waals surface area contributed by atoms with Gasteiger partial charge in [-0.3, -0.25) is 13.9 Å². The summed E-state index contributed by atoms with van der Waals surface area (Å²) in [5.74, 6) is -1.91. The second kappa shape index (κ2) is 14.1. The third-order valence-electron chi connectivity index (χ3n) is 6.77. The maximum Gasteiger partial charge on any atom is 0.264 e. The Bertz CT molecular complexity index is 1680. The van der Waals surface area contributed by atoms with Crippen molar-refractivity contribution in [2.45, 2.75) is 50.2 Å². The van der Waals surface area contributed by atoms with Crippen molar-refractivity contribution in [2.24, 2.45) is 0 Å². The topological polar surface area (TPSA) is 86.8 Å². The van der Waals surface area contributed by atoms with Crippen LogP contribution in [0.25, 0.3) is 0 Å². The van der Waals surface area contributed by atoms with Crippen LogP contribution >= 0.6 is 11.6 Å². The van der Waals surface area contributed by atoms with Gasteiger partial charge in [-0.2, -0.15) is 0 Å². The third kappa shape index (κ3) is 8.45. The van der Waals surface area contributed by atoms with E-state index in [0.29, 0.717) is 10.6 Å². The normalized spacial score (nSPS) is 12.3. The predicted octanol–water partition coefficient (Wildman–Crippen LogP) is 6.23. The van der Waals surface area contributed by atoms with Crippen molar-refractivity contribution in [3.8, 4) is 0 Å². The van der Waals surface area contributed by atoms with Crippen molar-refractivity contribution >= 4 is 39.1 Å². The number of carbonyl (C=O) groups is 2. The summed E-state index contributed by atoms with van der Waals surface area (Å²) in [6.07, 6.45) is 0.160. The Morgan fingerprint density at radius 1 is 0.818 bits per heavy atom. The lowest BCUT2D eigenvalue weighted by Gasteiger charge is -2.35. The molecule has 0 heterocycles. The molecule has 0 fully saturated rings. The van der Waals surface area contributed by atoms with E-state index in [1.807, 2.05) is 51.1 Å². The summed E-state index contributed by atoms with van der Waals surface area (Å²) >= 11 is 6.11. The zero-order valence-electron chi connectivity index (χ0n) is 24.8. The van der Waals surface area contributed by atoms with E-state index in [1.165, 1.54) is 35.2 Å². The molecular formula is C34H35ClFN3O4S. The highest BCUT2D eigenvalue weighted by Crippen LogP contribution is 2.27. The maximum absolute atomic E-state index is 15.2. The summed E-state index contributed by atoms with van der Waals surface area (Å²) < 4.78 is 43.8. The number of rotatable bonds is 11. The molecular weight excluding hydrogens is 601 g/mol. The molecule has 1 N–H and O–H groups in total. The van der Waals surface area contributed by atoms with Crippen molar-refractivity contribution in [2.75, 3.05) is 10.8 Å². The Morgan fingerprint density at radius 3 is 1.98 bits per heavy atom. The summed E-state index contributed by atoms with van der Waals surface area (Å²) in [6.45, 7) is 4.73. The van der Waals surface area contributed by atoms with Gasteiger partial charge in [0.2, 0.25) is 11.8 Å². The fraction of sp³-hybridized carbons (Fsp3) is 0.235. The van der Waals surface area contributed by atoms with Crippen molar-refractivity contribution in [3.05, 3.63) is 131 Å². The number of hydrogen-bond acceptors (Lipinski definition) is 4. The van der Waals surface area contributed by atoms with E-state index in [1.54, 1.807) is 42.5 Å². The Morgan fingerprint density at radius 2 is 1.39 bits per heavy atom. The molecule has 7 nitrogen and oxygen atoms in total. The minimum Gasteiger partial charge on any atom is -0.350 e. The maximum atomic E-state index is 15.2. The van der Waals surface area contributed by atoms with Crippen molar-refractivity contribution in [1.29, 1.82) is 0 Å². The fourth-order valence-corrected chi connectivity index (χ4v) is 6.25. The van der Waals surface area contributed by atoms with Crippen LogP contribution in [0.2, 0.25) is 5.02 Å². The molecule has 0 unspecified atom stereocenters. The average Bonchev–Trinajstić information content (AvgIpc) is 2.99. The summed E-state index contributed by atoms with van der Waals surface area (Å²) in [5.41, 5.74) is 0.581. The second-order valence-electron chi connectivity index (χ2n) is 11.4. The monoisotopic (exact) mass is 635 g/mol. The van der Waals surface area contributed by atoms with E-state index in [9.17, 15) is 18.0 Å². The summed E-state index contributed by atoms with van der Waals surface area (Å²) in [7, 11) is -4.39. The van der Waals surface area contributed by atoms with Crippen LogP contribution in [0, 0.1) is 5.82 Å². The molecule has 1 atom stereocenters. The molecule has 0 aliphatic carbocycles. The van der Waals surface area contributed by atoms with E-state index in [4.69, 9.17) is 11.6 Å². The number of halogens is 2. The predicted molar refractivity (Wildman–Crippen MR) is 171 cm³/mol. The molecule has 230 valence electrons. The molecule has 0 spiro atoms. The van der Waals surface area contributed by atoms with Crippen molar-refractivity contribution < 1.29 is 22.4 Å². The van der Waals surface area contributed by atoms with Crippen LogP contribution in [-0.4, -0.2) is 43.3 Å². The molecule has 0 aliphatic rings. The first-order valence-electron chi connectivity index (χ1n) is 14.1. The van der Waals surface area contributed by atoms with Gasteiger partial charge < -0.3 is 10.2 Å². The van der Waals surface area contributed by atoms with Crippen molar-refractivity contribution in [1.82, 2.24) is 10.2 Å². The lowest BCUT2D eigenvalue weighted by molar-refractivity contribution is -0.140. The van der Waals surface area contributed by atoms with Gasteiger partial charge in [0.05, 0.1) is 10.6 Å². The van der Waals surface area contributed by atoms with Gasteiger partial charge in [0.15, 0.2) is 0 Å². The number of hydrogen-bond donors (Lipinski definition) is 1. The lowest BCUT2D eigenvalue weighted by atomic mass is 10.0. The first-order valence-corrected chi connectivity index (χ1v) is 15.9. The van der Waals surface area contributed by atoms with Gasteiger partial charge in [0, 0.05) is 23.5 Å². The van der Waals surface area contributed by atoms with Gasteiger partial charge in [-0.25, -0.2) is 12.8 Å². The van der Waals surface area contributed by atoms with Crippen LogP contribution in [-0.2, 0) is 32.6 Å². The number of nitrogens with one attached hydrogen (secondary N) is 1. The SMILES string of the molecule is CC(C)(C)NC(=O)[C@@H](Cc1ccccc1)N(Cc1ccc(Cl)cc1)C(=O)CN(c1ccccc1F)S(=O)(=O)c1ccccc1. The van der Waals surface area contributed by atoms with Gasteiger partial charge in [0.25, 0.3) is 10.0 Å². The molecule has 44 heavy (non-hydrogen) atoms. The zero-order chi connectivity index (χ0) is 31.9. The zero-order valence-corrected chi connectivity index (χ0v) is 26.4. The highest BCUT2D eigenvalue weighted by atomic mass is 35.5. The molecule has 4 rings (SSSR count). The number of para-hydroxylation sites is 1. The molecule has 0 saturated carbocycles. The van der Waals surface area contributed by atoms with E-state index in [0.717, 1.165) is 15.9 Å². The fourth-order valence-electron chi connectivity index (χ4n) is 4.68. The van der Waals surface area contributed by atoms with E-state index in [-0.39, 0.29) is 23.5 Å². The smallest absolute Gasteiger partial charge is 0.264 e. The van der Waals surface area contributed by atoms with Crippen LogP contribution < -0.4 is 9.62 Å². The largest absolute Gasteiger partial charge is 0.350 e. The van der Waals surface area contributed by atoms with Crippen LogP contribution in [0.15, 0.2) is 114 Å². The lowest BCUT2D eigenvalue weighted by Crippen LogP contribution is -2.56. The Kier molecular flexibility index (Phi) is 10.4. The van der Waals surface area contributed by atoms with Gasteiger partial charge in [-0.15, -0.1) is 0 Å². The first kappa shape index (κ1) is 32.7. The van der Waals surface area contributed by atoms with Gasteiger partial charge in [-0.05, 0) is 68.3 Å². The van der Waals surface area contributed by atoms with Crippen molar-refractivity contribution in [3.63, 3.8) is 0 Å². The molecule has 0 radical (unpaired) electrons. The number of benzene rings is 4.